The number of imide groups is 2. The highest BCUT2D eigenvalue weighted by atomic mass is 16.5. The van der Waals surface area contributed by atoms with Crippen molar-refractivity contribution in [2.75, 3.05) is 11.9 Å². The first-order chi connectivity index (χ1) is 12.3. The molecule has 1 aromatic rings. The predicted octanol–water partition coefficient (Wildman–Crippen LogP) is 2.20. The molecule has 142 valence electrons. The van der Waals surface area contributed by atoms with E-state index in [1.54, 1.807) is 13.8 Å². The second-order valence-corrected chi connectivity index (χ2v) is 5.67. The molecule has 0 aliphatic carbocycles. The van der Waals surface area contributed by atoms with E-state index >= 15 is 0 Å². The normalized spacial score (nSPS) is 15.2. The van der Waals surface area contributed by atoms with Crippen LogP contribution in [0.15, 0.2) is 24.3 Å². The molecule has 1 aliphatic heterocycles. The minimum absolute atomic E-state index is 0.0656. The van der Waals surface area contributed by atoms with Gasteiger partial charge in [0.25, 0.3) is 0 Å². The Bertz CT molecular complexity index is 644. The zero-order chi connectivity index (χ0) is 19.7. The minimum atomic E-state index is -1.06. The summed E-state index contributed by atoms with van der Waals surface area (Å²) >= 11 is 0. The first-order valence-corrected chi connectivity index (χ1v) is 8.46. The maximum atomic E-state index is 11.4. The highest BCUT2D eigenvalue weighted by Gasteiger charge is 2.47. The molecule has 2 rings (SSSR count). The van der Waals surface area contributed by atoms with Gasteiger partial charge in [-0.1, -0.05) is 13.8 Å². The van der Waals surface area contributed by atoms with E-state index in [9.17, 15) is 19.2 Å². The zero-order valence-electron chi connectivity index (χ0n) is 15.5. The minimum Gasteiger partial charge on any atom is -0.494 e. The maximum absolute atomic E-state index is 11.4. The first kappa shape index (κ1) is 21.1. The van der Waals surface area contributed by atoms with Crippen molar-refractivity contribution in [1.29, 1.82) is 0 Å². The van der Waals surface area contributed by atoms with Gasteiger partial charge in [-0.05, 0) is 44.0 Å². The SMILES string of the molecule is CCC1(CC)C(=O)NC(=O)NC1=O.CCOc1ccc(NC(C)=O)cc1. The van der Waals surface area contributed by atoms with Gasteiger partial charge in [0.15, 0.2) is 0 Å². The third-order valence-corrected chi connectivity index (χ3v) is 4.02. The summed E-state index contributed by atoms with van der Waals surface area (Å²) in [5.41, 5.74) is -0.274. The van der Waals surface area contributed by atoms with Crippen LogP contribution >= 0.6 is 0 Å². The van der Waals surface area contributed by atoms with Crippen LogP contribution in [0.25, 0.3) is 0 Å². The third-order valence-electron chi connectivity index (χ3n) is 4.02. The molecule has 0 saturated carbocycles. The topological polar surface area (TPSA) is 114 Å². The summed E-state index contributed by atoms with van der Waals surface area (Å²) in [6, 6.07) is 6.55. The Morgan fingerprint density at radius 3 is 1.88 bits per heavy atom. The van der Waals surface area contributed by atoms with Crippen LogP contribution in [-0.2, 0) is 14.4 Å². The second-order valence-electron chi connectivity index (χ2n) is 5.67. The Labute approximate surface area is 152 Å². The Kier molecular flexibility index (Phi) is 7.77. The summed E-state index contributed by atoms with van der Waals surface area (Å²) < 4.78 is 5.25. The van der Waals surface area contributed by atoms with E-state index in [1.165, 1.54) is 6.92 Å². The van der Waals surface area contributed by atoms with Crippen molar-refractivity contribution in [2.24, 2.45) is 5.41 Å². The molecule has 0 bridgehead atoms. The molecule has 0 aromatic heterocycles. The number of hydrogen-bond donors (Lipinski definition) is 3. The average molecular weight is 363 g/mol. The zero-order valence-corrected chi connectivity index (χ0v) is 15.5. The summed E-state index contributed by atoms with van der Waals surface area (Å²) in [5, 5.41) is 6.86. The number of hydrogen-bond acceptors (Lipinski definition) is 5. The van der Waals surface area contributed by atoms with Gasteiger partial charge in [0.05, 0.1) is 6.61 Å². The van der Waals surface area contributed by atoms with Gasteiger partial charge >= 0.3 is 6.03 Å². The number of rotatable bonds is 5. The van der Waals surface area contributed by atoms with E-state index in [4.69, 9.17) is 4.74 Å². The lowest BCUT2D eigenvalue weighted by molar-refractivity contribution is -0.144. The molecule has 0 atom stereocenters. The summed E-state index contributed by atoms with van der Waals surface area (Å²) in [7, 11) is 0. The van der Waals surface area contributed by atoms with Crippen molar-refractivity contribution in [3.8, 4) is 5.75 Å². The fourth-order valence-corrected chi connectivity index (χ4v) is 2.48. The van der Waals surface area contributed by atoms with Crippen LogP contribution in [0.3, 0.4) is 0 Å². The molecule has 26 heavy (non-hydrogen) atoms. The Morgan fingerprint density at radius 2 is 1.50 bits per heavy atom. The van der Waals surface area contributed by atoms with Gasteiger partial charge in [-0.15, -0.1) is 0 Å². The molecule has 1 aliphatic rings. The van der Waals surface area contributed by atoms with Crippen LogP contribution < -0.4 is 20.7 Å². The predicted molar refractivity (Wildman–Crippen MR) is 96.6 cm³/mol. The molecule has 8 nitrogen and oxygen atoms in total. The van der Waals surface area contributed by atoms with Gasteiger partial charge < -0.3 is 10.1 Å². The maximum Gasteiger partial charge on any atom is 0.328 e. The molecule has 8 heteroatoms. The largest absolute Gasteiger partial charge is 0.494 e. The summed E-state index contributed by atoms with van der Waals surface area (Å²) in [6.45, 7) is 7.56. The van der Waals surface area contributed by atoms with E-state index in [1.807, 2.05) is 31.2 Å². The Morgan fingerprint density at radius 1 is 1.00 bits per heavy atom. The van der Waals surface area contributed by atoms with Gasteiger partial charge in [0.1, 0.15) is 11.2 Å². The number of amides is 5. The quantitative estimate of drug-likeness (QED) is 0.694. The molecule has 0 unspecified atom stereocenters. The highest BCUT2D eigenvalue weighted by molar-refractivity contribution is 6.19. The van der Waals surface area contributed by atoms with Crippen LogP contribution in [0.4, 0.5) is 10.5 Å². The molecule has 5 amide bonds. The molecular weight excluding hydrogens is 338 g/mol. The van der Waals surface area contributed by atoms with Crippen LogP contribution in [0.5, 0.6) is 5.75 Å². The van der Waals surface area contributed by atoms with Crippen molar-refractivity contribution < 1.29 is 23.9 Å². The van der Waals surface area contributed by atoms with E-state index in [-0.39, 0.29) is 5.91 Å². The molecule has 1 heterocycles. The van der Waals surface area contributed by atoms with E-state index in [0.29, 0.717) is 19.4 Å². The average Bonchev–Trinajstić information content (AvgIpc) is 2.57. The van der Waals surface area contributed by atoms with Crippen LogP contribution in [-0.4, -0.2) is 30.4 Å². The number of ether oxygens (including phenoxy) is 1. The summed E-state index contributed by atoms with van der Waals surface area (Å²) in [4.78, 5) is 44.2. The van der Waals surface area contributed by atoms with Crippen molar-refractivity contribution in [1.82, 2.24) is 10.6 Å². The molecule has 1 saturated heterocycles. The number of benzene rings is 1. The lowest BCUT2D eigenvalue weighted by Gasteiger charge is -2.31. The summed E-state index contributed by atoms with van der Waals surface area (Å²) in [5.74, 6) is -0.238. The second kappa shape index (κ2) is 9.55. The molecule has 0 radical (unpaired) electrons. The van der Waals surface area contributed by atoms with Crippen molar-refractivity contribution >= 4 is 29.4 Å². The van der Waals surface area contributed by atoms with Crippen LogP contribution in [0.1, 0.15) is 40.5 Å². The van der Waals surface area contributed by atoms with Gasteiger partial charge in [-0.3, -0.25) is 25.0 Å². The van der Waals surface area contributed by atoms with E-state index in [2.05, 4.69) is 16.0 Å². The standard InChI is InChI=1S/C10H13NO2.C8H12N2O3/c1-3-13-10-6-4-9(5-7-10)11-8(2)12;1-3-8(4-2)5(11)9-7(13)10-6(8)12/h4-7H,3H2,1-2H3,(H,11,12);3-4H2,1-2H3,(H2,9,10,11,12,13). The smallest absolute Gasteiger partial charge is 0.328 e. The number of nitrogens with one attached hydrogen (secondary N) is 3. The monoisotopic (exact) mass is 363 g/mol. The first-order valence-electron chi connectivity index (χ1n) is 8.46. The Balaban J connectivity index is 0.000000260. The molecule has 1 fully saturated rings. The van der Waals surface area contributed by atoms with Gasteiger partial charge in [0.2, 0.25) is 17.7 Å². The fourth-order valence-electron chi connectivity index (χ4n) is 2.48. The van der Waals surface area contributed by atoms with E-state index in [0.717, 1.165) is 11.4 Å². The van der Waals surface area contributed by atoms with Crippen molar-refractivity contribution in [3.63, 3.8) is 0 Å². The Hall–Kier alpha value is -2.90. The molecule has 0 spiro atoms. The lowest BCUT2D eigenvalue weighted by atomic mass is 9.79. The number of carbonyl (C=O) groups excluding carboxylic acids is 4. The van der Waals surface area contributed by atoms with E-state index < -0.39 is 23.3 Å². The van der Waals surface area contributed by atoms with Crippen LogP contribution in [0.2, 0.25) is 0 Å². The third kappa shape index (κ3) is 5.30. The number of urea groups is 1. The fraction of sp³-hybridized carbons (Fsp3) is 0.444. The highest BCUT2D eigenvalue weighted by Crippen LogP contribution is 2.28. The molecule has 1 aromatic carbocycles. The van der Waals surface area contributed by atoms with Gasteiger partial charge in [-0.25, -0.2) is 4.79 Å². The lowest BCUT2D eigenvalue weighted by Crippen LogP contribution is -2.61. The van der Waals surface area contributed by atoms with Gasteiger partial charge in [-0.2, -0.15) is 0 Å². The molecule has 3 N–H and O–H groups in total. The number of barbiturate groups is 1. The number of anilines is 1. The van der Waals surface area contributed by atoms with Crippen molar-refractivity contribution in [3.05, 3.63) is 24.3 Å². The van der Waals surface area contributed by atoms with Crippen LogP contribution in [0, 0.1) is 5.41 Å². The van der Waals surface area contributed by atoms with Gasteiger partial charge in [0, 0.05) is 12.6 Å². The summed E-state index contributed by atoms with van der Waals surface area (Å²) in [6.07, 6.45) is 0.795. The molecular formula is C18H25N3O5. The number of carbonyl (C=O) groups is 4. The van der Waals surface area contributed by atoms with Crippen molar-refractivity contribution in [2.45, 2.75) is 40.5 Å².